The molecule has 144 valence electrons. The van der Waals surface area contributed by atoms with Gasteiger partial charge in [0.05, 0.1) is 11.6 Å². The number of nitrogens with zero attached hydrogens (tertiary/aromatic N) is 2. The first-order valence-corrected chi connectivity index (χ1v) is 9.43. The van der Waals surface area contributed by atoms with Gasteiger partial charge in [-0.3, -0.25) is 4.79 Å². The van der Waals surface area contributed by atoms with Crippen LogP contribution in [-0.4, -0.2) is 21.0 Å². The predicted octanol–water partition coefficient (Wildman–Crippen LogP) is 4.23. The summed E-state index contributed by atoms with van der Waals surface area (Å²) in [6.07, 6.45) is 3.52. The summed E-state index contributed by atoms with van der Waals surface area (Å²) in [5.41, 5.74) is 3.08. The Morgan fingerprint density at radius 3 is 2.63 bits per heavy atom. The van der Waals surface area contributed by atoms with E-state index in [0.29, 0.717) is 0 Å². The Labute approximate surface area is 161 Å². The fourth-order valence-electron chi connectivity index (χ4n) is 3.61. The molecule has 1 aromatic heterocycles. The molecule has 1 aromatic carbocycles. The number of rotatable bonds is 2. The van der Waals surface area contributed by atoms with Crippen molar-refractivity contribution in [1.82, 2.24) is 15.3 Å². The van der Waals surface area contributed by atoms with E-state index in [1.165, 1.54) is 0 Å². The largest absolute Gasteiger partial charge is 0.507 e. The smallest absolute Gasteiger partial charge is 0.255 e. The lowest BCUT2D eigenvalue weighted by Crippen LogP contribution is -2.37. The highest BCUT2D eigenvalue weighted by Gasteiger charge is 2.35. The molecule has 5 nitrogen and oxygen atoms in total. The second kappa shape index (κ2) is 6.63. The molecule has 0 radical (unpaired) electrons. The normalized spacial score (nSPS) is 18.7. The molecule has 5 heteroatoms. The number of carbonyl (C=O) groups excluding carboxylic acids is 1. The molecule has 1 aliphatic carbocycles. The Balaban J connectivity index is 1.93. The molecule has 2 N–H and O–H groups in total. The van der Waals surface area contributed by atoms with Crippen molar-refractivity contribution in [2.75, 3.05) is 0 Å². The number of aryl methyl sites for hydroxylation is 1. The maximum Gasteiger partial charge on any atom is 0.255 e. The van der Waals surface area contributed by atoms with Crippen LogP contribution >= 0.6 is 0 Å². The number of benzene rings is 1. The van der Waals surface area contributed by atoms with Crippen molar-refractivity contribution < 1.29 is 9.90 Å². The fourth-order valence-corrected chi connectivity index (χ4v) is 3.61. The summed E-state index contributed by atoms with van der Waals surface area (Å²) in [6.45, 7) is 12.6. The van der Waals surface area contributed by atoms with Crippen molar-refractivity contribution in [3.63, 3.8) is 0 Å². The molecule has 2 aromatic rings. The van der Waals surface area contributed by atoms with Gasteiger partial charge in [-0.25, -0.2) is 9.97 Å². The van der Waals surface area contributed by atoms with Gasteiger partial charge >= 0.3 is 0 Å². The Hall–Kier alpha value is -2.43. The van der Waals surface area contributed by atoms with Crippen LogP contribution in [0.2, 0.25) is 0 Å². The van der Waals surface area contributed by atoms with Gasteiger partial charge < -0.3 is 10.4 Å². The molecule has 0 aliphatic heterocycles. The predicted molar refractivity (Wildman–Crippen MR) is 106 cm³/mol. The average Bonchev–Trinajstić information content (AvgIpc) is 2.52. The quantitative estimate of drug-likeness (QED) is 0.833. The Morgan fingerprint density at radius 2 is 2.00 bits per heavy atom. The zero-order chi connectivity index (χ0) is 20.0. The van der Waals surface area contributed by atoms with E-state index in [-0.39, 0.29) is 34.1 Å². The van der Waals surface area contributed by atoms with Crippen LogP contribution < -0.4 is 5.32 Å². The lowest BCUT2D eigenvalue weighted by molar-refractivity contribution is 0.0916. The van der Waals surface area contributed by atoms with Crippen LogP contribution in [0, 0.1) is 12.3 Å². The summed E-state index contributed by atoms with van der Waals surface area (Å²) in [5, 5.41) is 13.2. The van der Waals surface area contributed by atoms with Crippen molar-refractivity contribution in [2.45, 2.75) is 65.8 Å². The summed E-state index contributed by atoms with van der Waals surface area (Å²) in [5.74, 6) is 0.545. The van der Waals surface area contributed by atoms with E-state index in [9.17, 15) is 9.90 Å². The number of carbonyl (C=O) groups is 1. The summed E-state index contributed by atoms with van der Waals surface area (Å²) in [7, 11) is 0. The molecule has 0 saturated heterocycles. The van der Waals surface area contributed by atoms with Gasteiger partial charge in [0.25, 0.3) is 5.91 Å². The van der Waals surface area contributed by atoms with Gasteiger partial charge in [0.15, 0.2) is 0 Å². The summed E-state index contributed by atoms with van der Waals surface area (Å²) >= 11 is 0. The lowest BCUT2D eigenvalue weighted by Gasteiger charge is -2.37. The first kappa shape index (κ1) is 19.3. The van der Waals surface area contributed by atoms with Crippen LogP contribution in [-0.2, 0) is 11.8 Å². The van der Waals surface area contributed by atoms with Gasteiger partial charge in [-0.05, 0) is 42.9 Å². The molecule has 0 fully saturated rings. The van der Waals surface area contributed by atoms with Crippen molar-refractivity contribution in [2.24, 2.45) is 5.41 Å². The van der Waals surface area contributed by atoms with Gasteiger partial charge in [0, 0.05) is 22.9 Å². The molecule has 1 atom stereocenters. The third-order valence-corrected chi connectivity index (χ3v) is 5.05. The van der Waals surface area contributed by atoms with Crippen LogP contribution in [0.3, 0.4) is 0 Å². The number of hydrogen-bond acceptors (Lipinski definition) is 4. The number of aromatic nitrogens is 2. The van der Waals surface area contributed by atoms with E-state index in [4.69, 9.17) is 4.98 Å². The first-order chi connectivity index (χ1) is 12.5. The first-order valence-electron chi connectivity index (χ1n) is 9.43. The average molecular weight is 367 g/mol. The second-order valence-corrected chi connectivity index (χ2v) is 9.44. The third kappa shape index (κ3) is 4.12. The Morgan fingerprint density at radius 1 is 1.30 bits per heavy atom. The maximum absolute atomic E-state index is 12.8. The molecule has 0 spiro atoms. The van der Waals surface area contributed by atoms with Crippen molar-refractivity contribution in [3.05, 3.63) is 52.6 Å². The van der Waals surface area contributed by atoms with Crippen LogP contribution in [0.15, 0.2) is 24.4 Å². The SMILES string of the molecule is Cc1ccc(C(=O)N[C@@H]2CC(C)(C)Cc3nc(C(C)(C)C)ncc32)c(O)c1. The van der Waals surface area contributed by atoms with E-state index >= 15 is 0 Å². The number of nitrogens with one attached hydrogen (secondary N) is 1. The van der Waals surface area contributed by atoms with Gasteiger partial charge in [0.2, 0.25) is 0 Å². The summed E-state index contributed by atoms with van der Waals surface area (Å²) in [4.78, 5) is 22.2. The lowest BCUT2D eigenvalue weighted by atomic mass is 9.74. The highest BCUT2D eigenvalue weighted by atomic mass is 16.3. The Bertz CT molecular complexity index is 882. The third-order valence-electron chi connectivity index (χ3n) is 5.05. The molecule has 0 unspecified atom stereocenters. The molecular formula is C22H29N3O2. The van der Waals surface area contributed by atoms with Crippen LogP contribution in [0.25, 0.3) is 0 Å². The van der Waals surface area contributed by atoms with Crippen molar-refractivity contribution in [1.29, 1.82) is 0 Å². The zero-order valence-electron chi connectivity index (χ0n) is 17.1. The second-order valence-electron chi connectivity index (χ2n) is 9.44. The van der Waals surface area contributed by atoms with E-state index in [2.05, 4.69) is 44.9 Å². The van der Waals surface area contributed by atoms with Gasteiger partial charge in [-0.15, -0.1) is 0 Å². The molecule has 0 saturated carbocycles. The van der Waals surface area contributed by atoms with E-state index in [1.54, 1.807) is 12.1 Å². The van der Waals surface area contributed by atoms with Crippen molar-refractivity contribution in [3.8, 4) is 5.75 Å². The number of hydrogen-bond donors (Lipinski definition) is 2. The van der Waals surface area contributed by atoms with Crippen LogP contribution in [0.1, 0.15) is 80.1 Å². The monoisotopic (exact) mass is 367 g/mol. The van der Waals surface area contributed by atoms with E-state index < -0.39 is 0 Å². The van der Waals surface area contributed by atoms with E-state index in [0.717, 1.165) is 35.5 Å². The highest BCUT2D eigenvalue weighted by Crippen LogP contribution is 2.40. The fraction of sp³-hybridized carbons (Fsp3) is 0.500. The maximum atomic E-state index is 12.8. The topological polar surface area (TPSA) is 75.1 Å². The van der Waals surface area contributed by atoms with Crippen molar-refractivity contribution >= 4 is 5.91 Å². The van der Waals surface area contributed by atoms with Crippen LogP contribution in [0.5, 0.6) is 5.75 Å². The molecule has 1 heterocycles. The minimum atomic E-state index is -0.277. The molecule has 3 rings (SSSR count). The highest BCUT2D eigenvalue weighted by molar-refractivity contribution is 5.97. The number of phenols is 1. The minimum Gasteiger partial charge on any atom is -0.507 e. The molecular weight excluding hydrogens is 338 g/mol. The van der Waals surface area contributed by atoms with Gasteiger partial charge in [-0.1, -0.05) is 40.7 Å². The molecule has 27 heavy (non-hydrogen) atoms. The Kier molecular flexibility index (Phi) is 4.74. The van der Waals surface area contributed by atoms with Gasteiger partial charge in [-0.2, -0.15) is 0 Å². The standard InChI is InChI=1S/C22H29N3O2/c1-13-7-8-14(18(26)9-13)19(27)24-16-10-22(5,6)11-17-15(16)12-23-20(25-17)21(2,3)4/h7-9,12,16,26H,10-11H2,1-6H3,(H,24,27)/t16-/m1/s1. The van der Waals surface area contributed by atoms with E-state index in [1.807, 2.05) is 19.2 Å². The number of phenolic OH excluding ortho intramolecular Hbond substituents is 1. The zero-order valence-corrected chi connectivity index (χ0v) is 17.1. The number of fused-ring (bicyclic) bond motifs is 1. The molecule has 1 aliphatic rings. The summed E-state index contributed by atoms with van der Waals surface area (Å²) < 4.78 is 0. The van der Waals surface area contributed by atoms with Crippen LogP contribution in [0.4, 0.5) is 0 Å². The summed E-state index contributed by atoms with van der Waals surface area (Å²) in [6, 6.07) is 4.91. The molecule has 1 amide bonds. The number of amides is 1. The molecule has 0 bridgehead atoms. The van der Waals surface area contributed by atoms with Gasteiger partial charge in [0.1, 0.15) is 11.6 Å². The minimum absolute atomic E-state index is 0.00197. The number of aromatic hydroxyl groups is 1.